The van der Waals surface area contributed by atoms with Gasteiger partial charge in [0, 0.05) is 6.26 Å². The lowest BCUT2D eigenvalue weighted by molar-refractivity contribution is 0.483. The van der Waals surface area contributed by atoms with Gasteiger partial charge in [-0.25, -0.2) is 0 Å². The number of rotatable bonds is 1. The van der Waals surface area contributed by atoms with Crippen LogP contribution >= 0.6 is 10.6 Å². The van der Waals surface area contributed by atoms with Gasteiger partial charge in [0.25, 0.3) is 0 Å². The Morgan fingerprint density at radius 2 is 1.70 bits per heavy atom. The van der Waals surface area contributed by atoms with Crippen LogP contribution in [0.4, 0.5) is 4.39 Å². The second-order valence-electron chi connectivity index (χ2n) is 1.43. The van der Waals surface area contributed by atoms with E-state index in [9.17, 15) is 4.39 Å². The van der Waals surface area contributed by atoms with Crippen LogP contribution in [0.1, 0.15) is 20.8 Å². The van der Waals surface area contributed by atoms with Gasteiger partial charge in [0.2, 0.25) is 5.16 Å². The Morgan fingerprint density at radius 1 is 1.40 bits per heavy atom. The lowest BCUT2D eigenvalue weighted by Crippen LogP contribution is -1.92. The number of halogens is 1. The summed E-state index contributed by atoms with van der Waals surface area (Å²) < 4.78 is 29.0. The first-order valence-corrected chi connectivity index (χ1v) is 4.99. The third-order valence-electron chi connectivity index (χ3n) is 0.596. The third-order valence-corrected chi connectivity index (χ3v) is 1.57. The zero-order valence-corrected chi connectivity index (χ0v) is 7.57. The molecule has 0 bridgehead atoms. The molecule has 0 radical (unpaired) electrons. The van der Waals surface area contributed by atoms with Crippen LogP contribution in [0.15, 0.2) is 11.2 Å². The van der Waals surface area contributed by atoms with E-state index in [0.29, 0.717) is 0 Å². The fourth-order valence-electron chi connectivity index (χ4n) is 0.223. The van der Waals surface area contributed by atoms with Gasteiger partial charge in [0.15, 0.2) is 0 Å². The van der Waals surface area contributed by atoms with Gasteiger partial charge in [0.1, 0.15) is 0 Å². The van der Waals surface area contributed by atoms with Crippen LogP contribution in [0.5, 0.6) is 0 Å². The van der Waals surface area contributed by atoms with Crippen LogP contribution in [0.3, 0.4) is 0 Å². The molecule has 4 heteroatoms. The summed E-state index contributed by atoms with van der Waals surface area (Å²) in [7, 11) is -3.06. The minimum Gasteiger partial charge on any atom is -0.293 e. The Labute approximate surface area is 63.1 Å². The van der Waals surface area contributed by atoms with Crippen molar-refractivity contribution < 1.29 is 13.5 Å². The minimum absolute atomic E-state index is 0.850. The van der Waals surface area contributed by atoms with Crippen LogP contribution in [0, 0.1) is 0 Å². The Balaban J connectivity index is 0. The predicted octanol–water partition coefficient (Wildman–Crippen LogP) is 3.22. The normalized spacial score (nSPS) is 13.7. The highest BCUT2D eigenvalue weighted by atomic mass is 32.3. The van der Waals surface area contributed by atoms with Crippen LogP contribution < -0.4 is 0 Å². The molecule has 0 amide bonds. The van der Waals surface area contributed by atoms with E-state index in [1.165, 1.54) is 6.92 Å². The zero-order valence-electron chi connectivity index (χ0n) is 6.76. The second-order valence-corrected chi connectivity index (χ2v) is 3.48. The fraction of sp³-hybridized carbons (Fsp3) is 0.667. The smallest absolute Gasteiger partial charge is 0.201 e. The highest BCUT2D eigenvalue weighted by Gasteiger charge is 2.08. The zero-order chi connectivity index (χ0) is 8.78. The van der Waals surface area contributed by atoms with E-state index in [2.05, 4.69) is 0 Å². The van der Waals surface area contributed by atoms with Gasteiger partial charge >= 0.3 is 0 Å². The van der Waals surface area contributed by atoms with Crippen molar-refractivity contribution in [3.05, 3.63) is 11.2 Å². The van der Waals surface area contributed by atoms with Gasteiger partial charge in [0.05, 0.1) is 0 Å². The van der Waals surface area contributed by atoms with Gasteiger partial charge in [-0.3, -0.25) is 9.11 Å². The molecule has 2 N–H and O–H groups in total. The molecule has 0 rings (SSSR count). The third kappa shape index (κ3) is 6.07. The van der Waals surface area contributed by atoms with Gasteiger partial charge in [-0.15, -0.1) is 10.6 Å². The van der Waals surface area contributed by atoms with E-state index < -0.39 is 15.7 Å². The summed E-state index contributed by atoms with van der Waals surface area (Å²) in [5.41, 5.74) is 0. The molecule has 64 valence electrons. The number of hydrogen-bond donors (Lipinski definition) is 2. The summed E-state index contributed by atoms with van der Waals surface area (Å²) in [4.78, 5) is 0. The maximum absolute atomic E-state index is 12.0. The molecular formula is C6H15FO2S. The molecular weight excluding hydrogens is 155 g/mol. The second kappa shape index (κ2) is 5.70. The Bertz CT molecular complexity index is 107. The fourth-order valence-corrected chi connectivity index (χ4v) is 0.670. The molecule has 0 saturated carbocycles. The maximum atomic E-state index is 12.0. The van der Waals surface area contributed by atoms with Crippen molar-refractivity contribution in [2.24, 2.45) is 0 Å². The molecule has 0 aliphatic heterocycles. The summed E-state index contributed by atoms with van der Waals surface area (Å²) in [6.07, 6.45) is 2.08. The lowest BCUT2D eigenvalue weighted by Gasteiger charge is -2.23. The van der Waals surface area contributed by atoms with Gasteiger partial charge in [-0.1, -0.05) is 13.8 Å². The van der Waals surface area contributed by atoms with Crippen molar-refractivity contribution in [2.75, 3.05) is 6.26 Å². The topological polar surface area (TPSA) is 40.5 Å². The van der Waals surface area contributed by atoms with Gasteiger partial charge in [-0.2, -0.15) is 4.39 Å². The average Bonchev–Trinajstić information content (AvgIpc) is 1.89. The molecule has 0 atom stereocenters. The largest absolute Gasteiger partial charge is 0.293 e. The highest BCUT2D eigenvalue weighted by molar-refractivity contribution is 8.26. The van der Waals surface area contributed by atoms with Crippen LogP contribution in [-0.2, 0) is 0 Å². The monoisotopic (exact) mass is 170 g/mol. The first kappa shape index (κ1) is 12.6. The quantitative estimate of drug-likeness (QED) is 0.634. The summed E-state index contributed by atoms with van der Waals surface area (Å²) in [5, 5.41) is -0.850. The first-order valence-electron chi connectivity index (χ1n) is 3.03. The highest BCUT2D eigenvalue weighted by Crippen LogP contribution is 2.43. The SMILES string of the molecule is C/C=C(\F)S(C)(O)O.CC. The molecule has 0 aliphatic rings. The van der Waals surface area contributed by atoms with E-state index in [-0.39, 0.29) is 0 Å². The maximum Gasteiger partial charge on any atom is 0.201 e. The molecule has 0 heterocycles. The van der Waals surface area contributed by atoms with Gasteiger partial charge in [-0.05, 0) is 13.0 Å². The molecule has 0 aromatic carbocycles. The van der Waals surface area contributed by atoms with Crippen molar-refractivity contribution in [1.82, 2.24) is 0 Å². The number of allylic oxidation sites excluding steroid dienone is 1. The van der Waals surface area contributed by atoms with Crippen molar-refractivity contribution in [3.63, 3.8) is 0 Å². The molecule has 0 aromatic heterocycles. The molecule has 0 fully saturated rings. The molecule has 0 aromatic rings. The number of hydrogen-bond acceptors (Lipinski definition) is 2. The van der Waals surface area contributed by atoms with E-state index in [1.54, 1.807) is 0 Å². The average molecular weight is 170 g/mol. The Hall–Kier alpha value is -0.0600. The van der Waals surface area contributed by atoms with Crippen molar-refractivity contribution in [3.8, 4) is 0 Å². The molecule has 0 aliphatic carbocycles. The molecule has 0 saturated heterocycles. The van der Waals surface area contributed by atoms with Crippen LogP contribution in [-0.4, -0.2) is 15.4 Å². The summed E-state index contributed by atoms with van der Waals surface area (Å²) >= 11 is 0. The summed E-state index contributed by atoms with van der Waals surface area (Å²) in [5.74, 6) is 0. The van der Waals surface area contributed by atoms with E-state index in [0.717, 1.165) is 12.3 Å². The molecule has 2 nitrogen and oxygen atoms in total. The Kier molecular flexibility index (Phi) is 7.19. The Morgan fingerprint density at radius 3 is 1.70 bits per heavy atom. The van der Waals surface area contributed by atoms with Crippen molar-refractivity contribution >= 4 is 10.6 Å². The van der Waals surface area contributed by atoms with E-state index in [4.69, 9.17) is 9.11 Å². The lowest BCUT2D eigenvalue weighted by atomic mass is 10.8. The summed E-state index contributed by atoms with van der Waals surface area (Å²) in [6, 6.07) is 0. The molecule has 10 heavy (non-hydrogen) atoms. The van der Waals surface area contributed by atoms with E-state index >= 15 is 0 Å². The first-order chi connectivity index (χ1) is 4.48. The van der Waals surface area contributed by atoms with Crippen LogP contribution in [0.25, 0.3) is 0 Å². The molecule has 0 spiro atoms. The van der Waals surface area contributed by atoms with E-state index in [1.807, 2.05) is 13.8 Å². The molecule has 0 unspecified atom stereocenters. The standard InChI is InChI=1S/C4H9FO2S.C2H6/c1-3-4(5)8(2,6)7;1-2/h3,6-7H,1-2H3;1-2H3/b4-3+;. The van der Waals surface area contributed by atoms with Crippen LogP contribution in [0.2, 0.25) is 0 Å². The predicted molar refractivity (Wildman–Crippen MR) is 45.0 cm³/mol. The summed E-state index contributed by atoms with van der Waals surface area (Å²) in [6.45, 7) is 5.41. The minimum atomic E-state index is -3.06. The van der Waals surface area contributed by atoms with Crippen molar-refractivity contribution in [2.45, 2.75) is 20.8 Å². The van der Waals surface area contributed by atoms with Gasteiger partial charge < -0.3 is 0 Å². The van der Waals surface area contributed by atoms with Crippen molar-refractivity contribution in [1.29, 1.82) is 0 Å².